The molecule has 4 rings (SSSR count). The van der Waals surface area contributed by atoms with Crippen LogP contribution in [0.1, 0.15) is 60.8 Å². The molecule has 0 saturated heterocycles. The van der Waals surface area contributed by atoms with Crippen molar-refractivity contribution in [1.82, 2.24) is 20.4 Å². The fourth-order valence-corrected chi connectivity index (χ4v) is 5.55. The van der Waals surface area contributed by atoms with Gasteiger partial charge in [0.1, 0.15) is 0 Å². The van der Waals surface area contributed by atoms with Gasteiger partial charge in [-0.2, -0.15) is 0 Å². The van der Waals surface area contributed by atoms with E-state index in [2.05, 4.69) is 117 Å². The molecule has 6 heteroatoms. The quantitative estimate of drug-likeness (QED) is 0.0991. The highest BCUT2D eigenvalue weighted by molar-refractivity contribution is 5.76. The number of hydrogen-bond acceptors (Lipinski definition) is 4. The SMILES string of the molecule is O=C(CCN(Cc1ccccc1)Cc1ccccc1)NCCCCCCNC(=O)CCN(Cc1ccccc1)Cc1ccccc1. The van der Waals surface area contributed by atoms with E-state index in [-0.39, 0.29) is 11.8 Å². The minimum atomic E-state index is 0.104. The Labute approximate surface area is 275 Å². The Balaban J connectivity index is 1.06. The summed E-state index contributed by atoms with van der Waals surface area (Å²) in [4.78, 5) is 29.8. The Bertz CT molecular complexity index is 1190. The van der Waals surface area contributed by atoms with Gasteiger partial charge in [0.2, 0.25) is 11.8 Å². The molecular weight excluding hydrogens is 568 g/mol. The van der Waals surface area contributed by atoms with Gasteiger partial charge in [0.05, 0.1) is 0 Å². The molecule has 0 atom stereocenters. The van der Waals surface area contributed by atoms with Crippen LogP contribution in [-0.2, 0) is 35.8 Å². The van der Waals surface area contributed by atoms with Crippen molar-refractivity contribution < 1.29 is 9.59 Å². The molecular formula is C40H50N4O2. The van der Waals surface area contributed by atoms with Crippen LogP contribution in [0.3, 0.4) is 0 Å². The van der Waals surface area contributed by atoms with Crippen LogP contribution in [0.25, 0.3) is 0 Å². The Morgan fingerprint density at radius 1 is 0.413 bits per heavy atom. The summed E-state index contributed by atoms with van der Waals surface area (Å²) in [5, 5.41) is 6.19. The molecule has 46 heavy (non-hydrogen) atoms. The molecule has 0 radical (unpaired) electrons. The molecule has 0 aromatic heterocycles. The first-order valence-corrected chi connectivity index (χ1v) is 16.8. The van der Waals surface area contributed by atoms with Crippen molar-refractivity contribution in [3.05, 3.63) is 144 Å². The molecule has 0 fully saturated rings. The van der Waals surface area contributed by atoms with Gasteiger partial charge in [-0.1, -0.05) is 134 Å². The fourth-order valence-electron chi connectivity index (χ4n) is 5.55. The average Bonchev–Trinajstić information content (AvgIpc) is 3.09. The monoisotopic (exact) mass is 618 g/mol. The van der Waals surface area contributed by atoms with Crippen molar-refractivity contribution in [3.8, 4) is 0 Å². The summed E-state index contributed by atoms with van der Waals surface area (Å²) in [5.41, 5.74) is 5.01. The molecule has 0 aliphatic heterocycles. The zero-order valence-electron chi connectivity index (χ0n) is 27.2. The zero-order valence-corrected chi connectivity index (χ0v) is 27.2. The molecule has 0 saturated carbocycles. The molecule has 2 amide bonds. The Hall–Kier alpha value is -4.26. The second-order valence-corrected chi connectivity index (χ2v) is 12.0. The highest BCUT2D eigenvalue weighted by Gasteiger charge is 2.12. The van der Waals surface area contributed by atoms with Gasteiger partial charge in [-0.15, -0.1) is 0 Å². The van der Waals surface area contributed by atoms with Crippen LogP contribution in [0.2, 0.25) is 0 Å². The van der Waals surface area contributed by atoms with Gasteiger partial charge in [0.15, 0.2) is 0 Å². The van der Waals surface area contributed by atoms with E-state index in [1.54, 1.807) is 0 Å². The molecule has 242 valence electrons. The Morgan fingerprint density at radius 2 is 0.696 bits per heavy atom. The summed E-state index contributed by atoms with van der Waals surface area (Å²) in [6.45, 7) is 6.09. The summed E-state index contributed by atoms with van der Waals surface area (Å²) in [7, 11) is 0. The first-order chi connectivity index (χ1) is 22.6. The first kappa shape index (κ1) is 34.6. The fraction of sp³-hybridized carbons (Fsp3) is 0.350. The number of nitrogens with one attached hydrogen (secondary N) is 2. The summed E-state index contributed by atoms with van der Waals surface area (Å²) in [6.07, 6.45) is 4.94. The normalized spacial score (nSPS) is 11.1. The Kier molecular flexibility index (Phi) is 15.6. The maximum atomic E-state index is 12.6. The largest absolute Gasteiger partial charge is 0.356 e. The van der Waals surface area contributed by atoms with Gasteiger partial charge in [-0.25, -0.2) is 0 Å². The number of carbonyl (C=O) groups is 2. The highest BCUT2D eigenvalue weighted by Crippen LogP contribution is 2.12. The third-order valence-corrected chi connectivity index (χ3v) is 8.05. The second-order valence-electron chi connectivity index (χ2n) is 12.0. The van der Waals surface area contributed by atoms with Crippen LogP contribution in [0.4, 0.5) is 0 Å². The number of benzene rings is 4. The predicted molar refractivity (Wildman–Crippen MR) is 188 cm³/mol. The van der Waals surface area contributed by atoms with Gasteiger partial charge in [-0.05, 0) is 35.1 Å². The van der Waals surface area contributed by atoms with Crippen LogP contribution >= 0.6 is 0 Å². The standard InChI is InChI=1S/C40H50N4O2/c45-39(25-29-43(31-35-17-7-3-8-18-35)32-36-19-9-4-10-20-36)41-27-15-1-2-16-28-42-40(46)26-30-44(33-37-21-11-5-12-22-37)34-38-23-13-6-14-24-38/h3-14,17-24H,1-2,15-16,25-34H2,(H,41,45)(H,42,46). The van der Waals surface area contributed by atoms with E-state index in [0.717, 1.165) is 51.9 Å². The van der Waals surface area contributed by atoms with Crippen molar-refractivity contribution in [1.29, 1.82) is 0 Å². The van der Waals surface area contributed by atoms with Crippen LogP contribution in [0.15, 0.2) is 121 Å². The van der Waals surface area contributed by atoms with Crippen LogP contribution in [0, 0.1) is 0 Å². The van der Waals surface area contributed by atoms with E-state index in [1.165, 1.54) is 22.3 Å². The summed E-state index contributed by atoms with van der Waals surface area (Å²) in [5.74, 6) is 0.207. The molecule has 4 aromatic rings. The molecule has 0 spiro atoms. The average molecular weight is 619 g/mol. The van der Waals surface area contributed by atoms with E-state index in [9.17, 15) is 9.59 Å². The van der Waals surface area contributed by atoms with Crippen LogP contribution < -0.4 is 10.6 Å². The maximum Gasteiger partial charge on any atom is 0.221 e. The van der Waals surface area contributed by atoms with Gasteiger partial charge < -0.3 is 10.6 Å². The number of carbonyl (C=O) groups excluding carboxylic acids is 2. The number of amides is 2. The van der Waals surface area contributed by atoms with Crippen molar-refractivity contribution >= 4 is 11.8 Å². The van der Waals surface area contributed by atoms with Crippen molar-refractivity contribution in [2.24, 2.45) is 0 Å². The molecule has 0 unspecified atom stereocenters. The third kappa shape index (κ3) is 14.2. The lowest BCUT2D eigenvalue weighted by molar-refractivity contribution is -0.122. The number of nitrogens with zero attached hydrogens (tertiary/aromatic N) is 2. The minimum Gasteiger partial charge on any atom is -0.356 e. The Morgan fingerprint density at radius 3 is 0.978 bits per heavy atom. The lowest BCUT2D eigenvalue weighted by atomic mass is 10.1. The van der Waals surface area contributed by atoms with Crippen LogP contribution in [-0.4, -0.2) is 47.8 Å². The van der Waals surface area contributed by atoms with E-state index in [4.69, 9.17) is 0 Å². The number of unbranched alkanes of at least 4 members (excludes halogenated alkanes) is 3. The molecule has 6 nitrogen and oxygen atoms in total. The van der Waals surface area contributed by atoms with Gasteiger partial charge in [-0.3, -0.25) is 19.4 Å². The van der Waals surface area contributed by atoms with E-state index < -0.39 is 0 Å². The van der Waals surface area contributed by atoms with Crippen molar-refractivity contribution in [2.75, 3.05) is 26.2 Å². The number of rotatable bonds is 21. The van der Waals surface area contributed by atoms with Gasteiger partial charge in [0.25, 0.3) is 0 Å². The van der Waals surface area contributed by atoms with Gasteiger partial charge in [0, 0.05) is 65.2 Å². The maximum absolute atomic E-state index is 12.6. The number of hydrogen-bond donors (Lipinski definition) is 2. The highest BCUT2D eigenvalue weighted by atomic mass is 16.2. The van der Waals surface area contributed by atoms with Crippen molar-refractivity contribution in [2.45, 2.75) is 64.7 Å². The second kappa shape index (κ2) is 20.7. The predicted octanol–water partition coefficient (Wildman–Crippen LogP) is 6.96. The molecule has 0 heterocycles. The molecule has 0 bridgehead atoms. The zero-order chi connectivity index (χ0) is 32.1. The van der Waals surface area contributed by atoms with E-state index in [1.807, 2.05) is 24.3 Å². The molecule has 0 aliphatic carbocycles. The first-order valence-electron chi connectivity index (χ1n) is 16.8. The topological polar surface area (TPSA) is 64.7 Å². The van der Waals surface area contributed by atoms with Gasteiger partial charge >= 0.3 is 0 Å². The molecule has 0 aliphatic rings. The third-order valence-electron chi connectivity index (χ3n) is 8.05. The summed E-state index contributed by atoms with van der Waals surface area (Å²) < 4.78 is 0. The van der Waals surface area contributed by atoms with E-state index >= 15 is 0 Å². The lowest BCUT2D eigenvalue weighted by Crippen LogP contribution is -2.31. The minimum absolute atomic E-state index is 0.104. The van der Waals surface area contributed by atoms with E-state index in [0.29, 0.717) is 39.0 Å². The smallest absolute Gasteiger partial charge is 0.221 e. The molecule has 4 aromatic carbocycles. The lowest BCUT2D eigenvalue weighted by Gasteiger charge is -2.22. The summed E-state index contributed by atoms with van der Waals surface area (Å²) in [6, 6.07) is 41.7. The molecule has 2 N–H and O–H groups in total. The van der Waals surface area contributed by atoms with Crippen LogP contribution in [0.5, 0.6) is 0 Å². The van der Waals surface area contributed by atoms with Crippen molar-refractivity contribution in [3.63, 3.8) is 0 Å². The summed E-state index contributed by atoms with van der Waals surface area (Å²) >= 11 is 0.